The smallest absolute Gasteiger partial charge is 0.434 e. The van der Waals surface area contributed by atoms with Crippen molar-refractivity contribution >= 4 is 6.16 Å². The zero-order chi connectivity index (χ0) is 15.7. The fourth-order valence-corrected chi connectivity index (χ4v) is 3.03. The van der Waals surface area contributed by atoms with Crippen LogP contribution in [0.5, 0.6) is 0 Å². The summed E-state index contributed by atoms with van der Waals surface area (Å²) in [6.45, 7) is 1.03. The summed E-state index contributed by atoms with van der Waals surface area (Å²) in [6, 6.07) is 0. The molecule has 1 heterocycles. The second kappa shape index (κ2) is 15.2. The summed E-state index contributed by atoms with van der Waals surface area (Å²) in [5.74, 6) is 0. The van der Waals surface area contributed by atoms with Gasteiger partial charge in [0.15, 0.2) is 0 Å². The molecule has 0 spiro atoms. The highest BCUT2D eigenvalue weighted by Gasteiger charge is 2.03. The molecule has 1 fully saturated rings. The molecular weight excluding hydrogens is 276 g/mol. The van der Waals surface area contributed by atoms with Gasteiger partial charge in [-0.2, -0.15) is 0 Å². The molecule has 1 rings (SSSR count). The molecule has 3 nitrogen and oxygen atoms in total. The van der Waals surface area contributed by atoms with Gasteiger partial charge in [0.1, 0.15) is 0 Å². The first-order chi connectivity index (χ1) is 10.9. The summed E-state index contributed by atoms with van der Waals surface area (Å²) in [4.78, 5) is 11.4. The van der Waals surface area contributed by atoms with E-state index in [1.807, 2.05) is 0 Å². The lowest BCUT2D eigenvalue weighted by Crippen LogP contribution is -2.09. The van der Waals surface area contributed by atoms with Crippen LogP contribution in [0.2, 0.25) is 0 Å². The quantitative estimate of drug-likeness (QED) is 0.486. The first kappa shape index (κ1) is 19.3. The Kier molecular flexibility index (Phi) is 13.3. The van der Waals surface area contributed by atoms with Gasteiger partial charge in [0.2, 0.25) is 0 Å². The third-order valence-corrected chi connectivity index (χ3v) is 4.48. The number of carbonyl (C=O) groups excluding carboxylic acids is 1. The molecule has 0 bridgehead atoms. The van der Waals surface area contributed by atoms with Crippen molar-refractivity contribution in [2.75, 3.05) is 13.2 Å². The molecular formula is C19H36O3. The van der Waals surface area contributed by atoms with Gasteiger partial charge in [-0.15, -0.1) is 0 Å². The summed E-state index contributed by atoms with van der Waals surface area (Å²) in [7, 11) is 0. The fraction of sp³-hybridized carbons (Fsp3) is 0.947. The van der Waals surface area contributed by atoms with Gasteiger partial charge in [0.05, 0.1) is 13.2 Å². The Labute approximate surface area is 137 Å². The van der Waals surface area contributed by atoms with Gasteiger partial charge < -0.3 is 9.47 Å². The molecule has 130 valence electrons. The standard InChI is InChI=1S/C19H36O3/c20-19-21-17-15-13-11-9-7-5-3-1-2-4-6-8-10-12-14-16-18-22-19/h1-18H2. The highest BCUT2D eigenvalue weighted by molar-refractivity contribution is 5.59. The topological polar surface area (TPSA) is 35.5 Å². The number of cyclic esters (lactones) is 2. The maximum Gasteiger partial charge on any atom is 0.508 e. The molecule has 0 N–H and O–H groups in total. The van der Waals surface area contributed by atoms with Gasteiger partial charge in [0.25, 0.3) is 0 Å². The lowest BCUT2D eigenvalue weighted by atomic mass is 10.0. The van der Waals surface area contributed by atoms with E-state index in [-0.39, 0.29) is 0 Å². The summed E-state index contributed by atoms with van der Waals surface area (Å²) in [6.07, 6.45) is 20.1. The second-order valence-electron chi connectivity index (χ2n) is 6.60. The minimum Gasteiger partial charge on any atom is -0.434 e. The van der Waals surface area contributed by atoms with Crippen LogP contribution < -0.4 is 0 Å². The monoisotopic (exact) mass is 312 g/mol. The molecule has 0 aliphatic carbocycles. The van der Waals surface area contributed by atoms with Crippen molar-refractivity contribution in [3.05, 3.63) is 0 Å². The summed E-state index contributed by atoms with van der Waals surface area (Å²) in [5, 5.41) is 0. The van der Waals surface area contributed by atoms with Crippen molar-refractivity contribution in [2.45, 2.75) is 103 Å². The molecule has 22 heavy (non-hydrogen) atoms. The van der Waals surface area contributed by atoms with E-state index in [0.717, 1.165) is 25.7 Å². The van der Waals surface area contributed by atoms with Gasteiger partial charge in [-0.1, -0.05) is 89.9 Å². The third kappa shape index (κ3) is 13.0. The maximum absolute atomic E-state index is 11.4. The SMILES string of the molecule is O=C1OCCCCCCCCCCCCCCCCCCO1. The number of hydrogen-bond acceptors (Lipinski definition) is 3. The Morgan fingerprint density at radius 2 is 0.636 bits per heavy atom. The van der Waals surface area contributed by atoms with Crippen LogP contribution in [0, 0.1) is 0 Å². The first-order valence-electron chi connectivity index (χ1n) is 9.69. The fourth-order valence-electron chi connectivity index (χ4n) is 3.03. The molecule has 1 aliphatic heterocycles. The lowest BCUT2D eigenvalue weighted by molar-refractivity contribution is 0.0529. The van der Waals surface area contributed by atoms with Crippen LogP contribution in [0.3, 0.4) is 0 Å². The largest absolute Gasteiger partial charge is 0.508 e. The summed E-state index contributed by atoms with van der Waals surface area (Å²) in [5.41, 5.74) is 0. The van der Waals surface area contributed by atoms with Crippen molar-refractivity contribution in [2.24, 2.45) is 0 Å². The van der Waals surface area contributed by atoms with E-state index in [9.17, 15) is 4.79 Å². The minimum atomic E-state index is -0.481. The Morgan fingerprint density at radius 3 is 0.909 bits per heavy atom. The van der Waals surface area contributed by atoms with Crippen LogP contribution >= 0.6 is 0 Å². The predicted octanol–water partition coefficient (Wildman–Crippen LogP) is 6.39. The molecule has 0 amide bonds. The predicted molar refractivity (Wildman–Crippen MR) is 91.2 cm³/mol. The van der Waals surface area contributed by atoms with Crippen LogP contribution in [0.1, 0.15) is 103 Å². The lowest BCUT2D eigenvalue weighted by Gasteiger charge is -2.06. The van der Waals surface area contributed by atoms with Crippen molar-refractivity contribution in [3.63, 3.8) is 0 Å². The van der Waals surface area contributed by atoms with E-state index < -0.39 is 6.16 Å². The number of carbonyl (C=O) groups is 1. The van der Waals surface area contributed by atoms with Crippen LogP contribution in [0.4, 0.5) is 4.79 Å². The maximum atomic E-state index is 11.4. The van der Waals surface area contributed by atoms with Crippen LogP contribution in [-0.2, 0) is 9.47 Å². The van der Waals surface area contributed by atoms with Crippen LogP contribution in [0.25, 0.3) is 0 Å². The molecule has 1 saturated heterocycles. The average Bonchev–Trinajstić information content (AvgIpc) is 2.52. The highest BCUT2D eigenvalue weighted by Crippen LogP contribution is 2.14. The van der Waals surface area contributed by atoms with Gasteiger partial charge >= 0.3 is 6.16 Å². The number of hydrogen-bond donors (Lipinski definition) is 0. The van der Waals surface area contributed by atoms with Crippen molar-refractivity contribution in [1.29, 1.82) is 0 Å². The zero-order valence-corrected chi connectivity index (χ0v) is 14.5. The molecule has 0 radical (unpaired) electrons. The molecule has 1 aliphatic rings. The van der Waals surface area contributed by atoms with E-state index in [1.54, 1.807) is 0 Å². The van der Waals surface area contributed by atoms with Gasteiger partial charge in [0, 0.05) is 0 Å². The molecule has 0 aromatic rings. The first-order valence-corrected chi connectivity index (χ1v) is 9.69. The molecule has 0 saturated carbocycles. The van der Waals surface area contributed by atoms with E-state index in [0.29, 0.717) is 13.2 Å². The normalized spacial score (nSPS) is 22.8. The molecule has 0 aromatic carbocycles. The van der Waals surface area contributed by atoms with Crippen LogP contribution in [0.15, 0.2) is 0 Å². The Bertz CT molecular complexity index is 229. The second-order valence-corrected chi connectivity index (χ2v) is 6.60. The number of ether oxygens (including phenoxy) is 2. The van der Waals surface area contributed by atoms with Gasteiger partial charge in [-0.25, -0.2) is 4.79 Å². The van der Waals surface area contributed by atoms with Crippen molar-refractivity contribution in [3.8, 4) is 0 Å². The van der Waals surface area contributed by atoms with Gasteiger partial charge in [-0.3, -0.25) is 0 Å². The summed E-state index contributed by atoms with van der Waals surface area (Å²) >= 11 is 0. The molecule has 0 unspecified atom stereocenters. The van der Waals surface area contributed by atoms with Crippen molar-refractivity contribution in [1.82, 2.24) is 0 Å². The minimum absolute atomic E-state index is 0.481. The zero-order valence-electron chi connectivity index (χ0n) is 14.5. The Balaban J connectivity index is 2.09. The summed E-state index contributed by atoms with van der Waals surface area (Å²) < 4.78 is 10.2. The third-order valence-electron chi connectivity index (χ3n) is 4.48. The van der Waals surface area contributed by atoms with Crippen LogP contribution in [-0.4, -0.2) is 19.4 Å². The molecule has 0 atom stereocenters. The highest BCUT2D eigenvalue weighted by atomic mass is 16.7. The average molecular weight is 312 g/mol. The van der Waals surface area contributed by atoms with E-state index in [1.165, 1.54) is 77.0 Å². The number of rotatable bonds is 0. The van der Waals surface area contributed by atoms with E-state index in [4.69, 9.17) is 9.47 Å². The molecule has 0 aromatic heterocycles. The van der Waals surface area contributed by atoms with Gasteiger partial charge in [-0.05, 0) is 12.8 Å². The van der Waals surface area contributed by atoms with E-state index >= 15 is 0 Å². The Morgan fingerprint density at radius 1 is 0.409 bits per heavy atom. The molecule has 3 heteroatoms. The Hall–Kier alpha value is -0.730. The van der Waals surface area contributed by atoms with Crippen molar-refractivity contribution < 1.29 is 14.3 Å². The van der Waals surface area contributed by atoms with E-state index in [2.05, 4.69) is 0 Å².